The molecule has 2 aromatic carbocycles. The topological polar surface area (TPSA) is 110 Å². The van der Waals surface area contributed by atoms with E-state index in [-0.39, 0.29) is 30.0 Å². The lowest BCUT2D eigenvalue weighted by atomic mass is 9.95. The predicted octanol–water partition coefficient (Wildman–Crippen LogP) is 2.75. The zero-order valence-electron chi connectivity index (χ0n) is 18.0. The van der Waals surface area contributed by atoms with E-state index in [9.17, 15) is 14.4 Å². The molecule has 0 bridgehead atoms. The molecule has 1 aliphatic rings. The molecule has 4 aromatic rings. The van der Waals surface area contributed by atoms with Crippen LogP contribution < -0.4 is 16.2 Å². The van der Waals surface area contributed by atoms with Crippen molar-refractivity contribution in [3.05, 3.63) is 70.8 Å². The van der Waals surface area contributed by atoms with E-state index in [2.05, 4.69) is 20.8 Å². The molecule has 0 radical (unpaired) electrons. The van der Waals surface area contributed by atoms with Gasteiger partial charge in [-0.05, 0) is 49.2 Å². The van der Waals surface area contributed by atoms with Crippen LogP contribution in [0.4, 0.5) is 5.69 Å². The number of rotatable bonds is 5. The maximum atomic E-state index is 12.9. The van der Waals surface area contributed by atoms with Crippen LogP contribution in [0.3, 0.4) is 0 Å². The van der Waals surface area contributed by atoms with Gasteiger partial charge >= 0.3 is 0 Å². The van der Waals surface area contributed by atoms with Crippen LogP contribution in [-0.4, -0.2) is 37.0 Å². The second-order valence-corrected chi connectivity index (χ2v) is 8.34. The van der Waals surface area contributed by atoms with Crippen molar-refractivity contribution < 1.29 is 9.59 Å². The van der Waals surface area contributed by atoms with Gasteiger partial charge in [-0.1, -0.05) is 31.4 Å². The van der Waals surface area contributed by atoms with E-state index < -0.39 is 5.56 Å². The molecule has 9 heteroatoms. The van der Waals surface area contributed by atoms with Crippen LogP contribution >= 0.6 is 0 Å². The summed E-state index contributed by atoms with van der Waals surface area (Å²) >= 11 is 0. The number of anilines is 1. The molecule has 1 aliphatic carbocycles. The molecule has 1 saturated carbocycles. The minimum Gasteiger partial charge on any atom is -0.349 e. The summed E-state index contributed by atoms with van der Waals surface area (Å²) in [7, 11) is 0. The molecule has 168 valence electrons. The third-order valence-electron chi connectivity index (χ3n) is 6.09. The number of para-hydroxylation sites is 2. The molecule has 0 atom stereocenters. The van der Waals surface area contributed by atoms with Crippen molar-refractivity contribution in [2.24, 2.45) is 0 Å². The van der Waals surface area contributed by atoms with Gasteiger partial charge in [0.25, 0.3) is 11.5 Å². The van der Waals surface area contributed by atoms with Crippen LogP contribution in [0.1, 0.15) is 42.5 Å². The highest BCUT2D eigenvalue weighted by atomic mass is 16.2. The summed E-state index contributed by atoms with van der Waals surface area (Å²) in [4.78, 5) is 38.1. The standard InChI is InChI=1S/C24H24N6O3/c31-21(14-29-19-8-4-5-9-20(19)30-15-25-28-22(30)24(29)33)26-18-12-10-16(11-13-18)23(32)27-17-6-2-1-3-7-17/h4-5,8-13,15,17H,1-3,6-7,14H2,(H,26,31)(H,27,32). The van der Waals surface area contributed by atoms with E-state index in [4.69, 9.17) is 0 Å². The Morgan fingerprint density at radius 2 is 1.70 bits per heavy atom. The number of carbonyl (C=O) groups excluding carboxylic acids is 2. The summed E-state index contributed by atoms with van der Waals surface area (Å²) in [5, 5.41) is 13.6. The Morgan fingerprint density at radius 1 is 0.970 bits per heavy atom. The van der Waals surface area contributed by atoms with Gasteiger partial charge < -0.3 is 10.6 Å². The van der Waals surface area contributed by atoms with E-state index >= 15 is 0 Å². The first-order valence-corrected chi connectivity index (χ1v) is 11.1. The fraction of sp³-hybridized carbons (Fsp3) is 0.292. The smallest absolute Gasteiger partial charge is 0.297 e. The molecule has 0 spiro atoms. The van der Waals surface area contributed by atoms with Crippen LogP contribution in [0.2, 0.25) is 0 Å². The lowest BCUT2D eigenvalue weighted by Gasteiger charge is -2.22. The van der Waals surface area contributed by atoms with Crippen LogP contribution in [0.15, 0.2) is 59.7 Å². The Labute approximate surface area is 189 Å². The van der Waals surface area contributed by atoms with Crippen LogP contribution in [0.5, 0.6) is 0 Å². The third kappa shape index (κ3) is 4.21. The van der Waals surface area contributed by atoms with Gasteiger partial charge in [-0.25, -0.2) is 0 Å². The van der Waals surface area contributed by atoms with Crippen molar-refractivity contribution >= 4 is 34.2 Å². The van der Waals surface area contributed by atoms with Gasteiger partial charge in [0.05, 0.1) is 11.0 Å². The van der Waals surface area contributed by atoms with Crippen molar-refractivity contribution in [1.82, 2.24) is 24.5 Å². The second-order valence-electron chi connectivity index (χ2n) is 8.34. The zero-order chi connectivity index (χ0) is 22.8. The normalized spacial score (nSPS) is 14.4. The summed E-state index contributed by atoms with van der Waals surface area (Å²) in [6.07, 6.45) is 7.06. The Balaban J connectivity index is 1.30. The Morgan fingerprint density at radius 3 is 2.45 bits per heavy atom. The molecule has 5 rings (SSSR count). The maximum absolute atomic E-state index is 12.9. The van der Waals surface area contributed by atoms with Crippen LogP contribution in [0.25, 0.3) is 16.7 Å². The molecule has 2 heterocycles. The van der Waals surface area contributed by atoms with E-state index in [0.29, 0.717) is 16.8 Å². The van der Waals surface area contributed by atoms with Crippen molar-refractivity contribution in [3.63, 3.8) is 0 Å². The molecule has 2 amide bonds. The van der Waals surface area contributed by atoms with Gasteiger partial charge in [0.15, 0.2) is 0 Å². The third-order valence-corrected chi connectivity index (χ3v) is 6.09. The van der Waals surface area contributed by atoms with Crippen molar-refractivity contribution in [2.45, 2.75) is 44.7 Å². The molecule has 0 aliphatic heterocycles. The predicted molar refractivity (Wildman–Crippen MR) is 124 cm³/mol. The number of amides is 2. The number of aromatic nitrogens is 4. The highest BCUT2D eigenvalue weighted by molar-refractivity contribution is 5.96. The summed E-state index contributed by atoms with van der Waals surface area (Å²) in [6, 6.07) is 14.3. The number of carbonyl (C=O) groups is 2. The molecule has 0 saturated heterocycles. The molecule has 33 heavy (non-hydrogen) atoms. The number of hydrogen-bond acceptors (Lipinski definition) is 5. The highest BCUT2D eigenvalue weighted by Gasteiger charge is 2.17. The lowest BCUT2D eigenvalue weighted by molar-refractivity contribution is -0.116. The fourth-order valence-electron chi connectivity index (χ4n) is 4.41. The van der Waals surface area contributed by atoms with Gasteiger partial charge in [-0.2, -0.15) is 0 Å². The number of nitrogens with zero attached hydrogens (tertiary/aromatic N) is 4. The monoisotopic (exact) mass is 444 g/mol. The second kappa shape index (κ2) is 8.85. The first-order valence-electron chi connectivity index (χ1n) is 11.1. The van der Waals surface area contributed by atoms with E-state index in [1.165, 1.54) is 17.3 Å². The highest BCUT2D eigenvalue weighted by Crippen LogP contribution is 2.18. The molecular weight excluding hydrogens is 420 g/mol. The largest absolute Gasteiger partial charge is 0.349 e. The Kier molecular flexibility index (Phi) is 5.60. The molecule has 0 unspecified atom stereocenters. The van der Waals surface area contributed by atoms with Gasteiger partial charge in [0.2, 0.25) is 11.6 Å². The molecule has 2 N–H and O–H groups in total. The maximum Gasteiger partial charge on any atom is 0.297 e. The minimum absolute atomic E-state index is 0.0978. The van der Waals surface area contributed by atoms with Crippen LogP contribution in [-0.2, 0) is 11.3 Å². The Bertz CT molecular complexity index is 1380. The Hall–Kier alpha value is -4.01. The summed E-state index contributed by atoms with van der Waals surface area (Å²) in [6.45, 7) is -0.174. The number of nitrogens with one attached hydrogen (secondary N) is 2. The van der Waals surface area contributed by atoms with E-state index in [1.54, 1.807) is 34.7 Å². The van der Waals surface area contributed by atoms with Gasteiger partial charge in [0.1, 0.15) is 12.9 Å². The first kappa shape index (κ1) is 20.9. The minimum atomic E-state index is -0.393. The zero-order valence-corrected chi connectivity index (χ0v) is 18.0. The average Bonchev–Trinajstić information content (AvgIpc) is 3.33. The van der Waals surface area contributed by atoms with E-state index in [0.717, 1.165) is 31.2 Å². The summed E-state index contributed by atoms with van der Waals surface area (Å²) in [5.74, 6) is -0.454. The van der Waals surface area contributed by atoms with Crippen molar-refractivity contribution in [2.75, 3.05) is 5.32 Å². The SMILES string of the molecule is O=C(Cn1c(=O)c2nncn2c2ccccc21)Nc1ccc(C(=O)NC2CCCCC2)cc1. The average molecular weight is 444 g/mol. The number of benzene rings is 2. The lowest BCUT2D eigenvalue weighted by Crippen LogP contribution is -2.36. The molecule has 9 nitrogen and oxygen atoms in total. The number of fused-ring (bicyclic) bond motifs is 3. The summed E-state index contributed by atoms with van der Waals surface area (Å²) in [5.41, 5.74) is 2.22. The number of hydrogen-bond donors (Lipinski definition) is 2. The van der Waals surface area contributed by atoms with Gasteiger partial charge in [0, 0.05) is 17.3 Å². The molecule has 2 aromatic heterocycles. The molecule has 1 fully saturated rings. The van der Waals surface area contributed by atoms with Gasteiger partial charge in [-0.3, -0.25) is 23.4 Å². The van der Waals surface area contributed by atoms with Gasteiger partial charge in [-0.15, -0.1) is 10.2 Å². The molecular formula is C24H24N6O3. The fourth-order valence-corrected chi connectivity index (χ4v) is 4.41. The first-order chi connectivity index (χ1) is 16.1. The van der Waals surface area contributed by atoms with Crippen molar-refractivity contribution in [1.29, 1.82) is 0 Å². The van der Waals surface area contributed by atoms with Crippen LogP contribution in [0, 0.1) is 0 Å². The quantitative estimate of drug-likeness (QED) is 0.492. The van der Waals surface area contributed by atoms with E-state index in [1.807, 2.05) is 18.2 Å². The van der Waals surface area contributed by atoms with Crippen molar-refractivity contribution in [3.8, 4) is 0 Å². The summed E-state index contributed by atoms with van der Waals surface area (Å²) < 4.78 is 3.00.